The zero-order valence-electron chi connectivity index (χ0n) is 28.6. The van der Waals surface area contributed by atoms with Crippen LogP contribution in [0.25, 0.3) is 10.9 Å². The Kier molecular flexibility index (Phi) is 10.8. The Balaban J connectivity index is 1.10. The van der Waals surface area contributed by atoms with Gasteiger partial charge in [-0.05, 0) is 92.4 Å². The molecule has 7 rings (SSSR count). The van der Waals surface area contributed by atoms with E-state index in [0.29, 0.717) is 30.8 Å². The molecule has 0 aliphatic carbocycles. The molecule has 4 atom stereocenters. The second-order valence-electron chi connectivity index (χ2n) is 14.1. The molecule has 49 heavy (non-hydrogen) atoms. The molecule has 0 spiro atoms. The first-order valence-corrected chi connectivity index (χ1v) is 18.8. The number of piperazine rings is 1. The topological polar surface area (TPSA) is 48.8 Å². The zero-order valence-corrected chi connectivity index (χ0v) is 30.1. The number of unbranched alkanes of at least 4 members (excludes halogenated alkanes) is 1. The van der Waals surface area contributed by atoms with Crippen molar-refractivity contribution in [1.29, 1.82) is 0 Å². The van der Waals surface area contributed by atoms with E-state index in [0.717, 1.165) is 78.4 Å². The summed E-state index contributed by atoms with van der Waals surface area (Å²) in [5.74, 6) is 0.294. The molecule has 0 saturated carbocycles. The van der Waals surface area contributed by atoms with Crippen LogP contribution in [0.5, 0.6) is 5.88 Å². The van der Waals surface area contributed by atoms with Gasteiger partial charge in [-0.2, -0.15) is 0 Å². The van der Waals surface area contributed by atoms with Gasteiger partial charge in [-0.25, -0.2) is 4.98 Å². The van der Waals surface area contributed by atoms with Crippen molar-refractivity contribution in [2.45, 2.75) is 75.1 Å². The zero-order chi connectivity index (χ0) is 33.6. The lowest BCUT2D eigenvalue weighted by Gasteiger charge is -2.38. The van der Waals surface area contributed by atoms with Gasteiger partial charge in [0, 0.05) is 53.1 Å². The van der Waals surface area contributed by atoms with Gasteiger partial charge in [0.1, 0.15) is 0 Å². The van der Waals surface area contributed by atoms with E-state index in [1.54, 1.807) is 7.11 Å². The molecular formula is C43H48BrN3O2. The van der Waals surface area contributed by atoms with Crippen LogP contribution in [0, 0.1) is 0 Å². The first-order chi connectivity index (χ1) is 24.0. The van der Waals surface area contributed by atoms with Gasteiger partial charge >= 0.3 is 0 Å². The van der Waals surface area contributed by atoms with E-state index in [1.807, 2.05) is 18.2 Å². The predicted octanol–water partition coefficient (Wildman–Crippen LogP) is 9.02. The Morgan fingerprint density at radius 2 is 1.45 bits per heavy atom. The Morgan fingerprint density at radius 3 is 2.14 bits per heavy atom. The highest BCUT2D eigenvalue weighted by molar-refractivity contribution is 9.10. The number of likely N-dealkylation sites (tertiary alicyclic amines) is 2. The van der Waals surface area contributed by atoms with Crippen molar-refractivity contribution >= 4 is 26.8 Å². The van der Waals surface area contributed by atoms with Crippen molar-refractivity contribution in [3.63, 3.8) is 0 Å². The van der Waals surface area contributed by atoms with Gasteiger partial charge in [0.15, 0.2) is 0 Å². The molecule has 2 aliphatic rings. The van der Waals surface area contributed by atoms with Crippen LogP contribution in [0.1, 0.15) is 66.7 Å². The number of hydrogen-bond donors (Lipinski definition) is 1. The third-order valence-corrected chi connectivity index (χ3v) is 11.4. The Bertz CT molecular complexity index is 1800. The number of hydrogen-bond acceptors (Lipinski definition) is 5. The van der Waals surface area contributed by atoms with Crippen molar-refractivity contribution in [3.05, 3.63) is 142 Å². The molecule has 6 heteroatoms. The summed E-state index contributed by atoms with van der Waals surface area (Å²) >= 11 is 3.66. The van der Waals surface area contributed by atoms with Gasteiger partial charge in [-0.3, -0.25) is 9.80 Å². The number of aryl methyl sites for hydroxylation is 1. The highest BCUT2D eigenvalue weighted by Gasteiger charge is 2.43. The minimum Gasteiger partial charge on any atom is -0.481 e. The molecular weight excluding hydrogens is 670 g/mol. The molecule has 0 amide bonds. The maximum atomic E-state index is 13.1. The number of aliphatic hydroxyl groups is 1. The van der Waals surface area contributed by atoms with Gasteiger partial charge in [0.2, 0.25) is 5.88 Å². The van der Waals surface area contributed by atoms with E-state index >= 15 is 0 Å². The largest absolute Gasteiger partial charge is 0.481 e. The molecule has 1 N–H and O–H groups in total. The molecule has 2 bridgehead atoms. The second kappa shape index (κ2) is 15.6. The SMILES string of the molecule is COc1nc2ccc(Br)cc2cc1C(c1ccccc1)C(O)(CCCCN1CC2CC1CN2Cc1ccccc1)CCCc1ccccc1. The highest BCUT2D eigenvalue weighted by atomic mass is 79.9. The molecule has 254 valence electrons. The van der Waals surface area contributed by atoms with Gasteiger partial charge in [-0.15, -0.1) is 0 Å². The fourth-order valence-electron chi connectivity index (χ4n) is 8.46. The molecule has 2 fully saturated rings. The highest BCUT2D eigenvalue weighted by Crippen LogP contribution is 2.45. The first kappa shape index (κ1) is 33.9. The van der Waals surface area contributed by atoms with Crippen molar-refractivity contribution in [2.75, 3.05) is 26.7 Å². The summed E-state index contributed by atoms with van der Waals surface area (Å²) in [6, 6.07) is 41.6. The van der Waals surface area contributed by atoms with E-state index < -0.39 is 5.60 Å². The first-order valence-electron chi connectivity index (χ1n) is 18.0. The number of nitrogens with zero attached hydrogens (tertiary/aromatic N) is 3. The number of fused-ring (bicyclic) bond motifs is 3. The number of ether oxygens (including phenoxy) is 1. The monoisotopic (exact) mass is 717 g/mol. The molecule has 5 nitrogen and oxygen atoms in total. The lowest BCUT2D eigenvalue weighted by Crippen LogP contribution is -2.46. The van der Waals surface area contributed by atoms with E-state index in [-0.39, 0.29) is 5.92 Å². The summed E-state index contributed by atoms with van der Waals surface area (Å²) < 4.78 is 6.98. The molecule has 1 aromatic heterocycles. The fraction of sp³-hybridized carbons (Fsp3) is 0.372. The predicted molar refractivity (Wildman–Crippen MR) is 203 cm³/mol. The number of benzene rings is 4. The molecule has 4 unspecified atom stereocenters. The van der Waals surface area contributed by atoms with Crippen molar-refractivity contribution in [3.8, 4) is 5.88 Å². The summed E-state index contributed by atoms with van der Waals surface area (Å²) in [5, 5.41) is 14.1. The third-order valence-electron chi connectivity index (χ3n) is 10.9. The summed E-state index contributed by atoms with van der Waals surface area (Å²) in [7, 11) is 1.69. The molecule has 5 aromatic rings. The van der Waals surface area contributed by atoms with E-state index in [1.165, 1.54) is 17.5 Å². The van der Waals surface area contributed by atoms with E-state index in [9.17, 15) is 5.11 Å². The summed E-state index contributed by atoms with van der Waals surface area (Å²) in [4.78, 5) is 10.3. The number of rotatable bonds is 15. The number of aromatic nitrogens is 1. The van der Waals surface area contributed by atoms with Crippen LogP contribution in [0.15, 0.2) is 120 Å². The third kappa shape index (κ3) is 7.94. The summed E-state index contributed by atoms with van der Waals surface area (Å²) in [6.07, 6.45) is 6.53. The van der Waals surface area contributed by atoms with Crippen LogP contribution in [0.3, 0.4) is 0 Å². The maximum absolute atomic E-state index is 13.1. The molecule has 0 radical (unpaired) electrons. The van der Waals surface area contributed by atoms with Crippen LogP contribution in [-0.2, 0) is 13.0 Å². The standard InChI is InChI=1S/C43H48BrN3O2/c1-49-42-39(27-35-26-36(44)21-22-40(35)45-42)41(34-19-9-4-10-20-34)43(48,24-13-18-32-14-5-2-6-15-32)23-11-12-25-46-30-38-28-37(46)31-47(38)29-33-16-7-3-8-17-33/h2-10,14-17,19-22,26-27,37-38,41,48H,11-13,18,23-25,28-31H2,1H3. The summed E-state index contributed by atoms with van der Waals surface area (Å²) in [5.41, 5.74) is 4.64. The molecule has 2 saturated heterocycles. The average molecular weight is 719 g/mol. The van der Waals surface area contributed by atoms with E-state index in [2.05, 4.69) is 123 Å². The van der Waals surface area contributed by atoms with Gasteiger partial charge in [0.25, 0.3) is 0 Å². The van der Waals surface area contributed by atoms with Crippen LogP contribution in [0.4, 0.5) is 0 Å². The van der Waals surface area contributed by atoms with Crippen molar-refractivity contribution in [2.24, 2.45) is 0 Å². The summed E-state index contributed by atoms with van der Waals surface area (Å²) in [6.45, 7) is 4.45. The molecule has 4 aromatic carbocycles. The minimum absolute atomic E-state index is 0.287. The van der Waals surface area contributed by atoms with Crippen LogP contribution < -0.4 is 4.74 Å². The Morgan fingerprint density at radius 1 is 0.796 bits per heavy atom. The van der Waals surface area contributed by atoms with Gasteiger partial charge in [-0.1, -0.05) is 107 Å². The number of methoxy groups -OCH3 is 1. The quantitative estimate of drug-likeness (QED) is 0.110. The lowest BCUT2D eigenvalue weighted by molar-refractivity contribution is 0.00105. The molecule has 3 heterocycles. The fourth-order valence-corrected chi connectivity index (χ4v) is 8.84. The van der Waals surface area contributed by atoms with Crippen molar-refractivity contribution < 1.29 is 9.84 Å². The molecule has 2 aliphatic heterocycles. The Labute approximate surface area is 300 Å². The Hall–Kier alpha value is -3.55. The van der Waals surface area contributed by atoms with Gasteiger partial charge in [0.05, 0.1) is 18.2 Å². The smallest absolute Gasteiger partial charge is 0.217 e. The maximum Gasteiger partial charge on any atom is 0.217 e. The van der Waals surface area contributed by atoms with Crippen LogP contribution in [0.2, 0.25) is 0 Å². The number of pyridine rings is 1. The number of halogens is 1. The van der Waals surface area contributed by atoms with Crippen LogP contribution in [-0.4, -0.2) is 64.3 Å². The van der Waals surface area contributed by atoms with Gasteiger partial charge < -0.3 is 9.84 Å². The normalized spacial score (nSPS) is 19.7. The van der Waals surface area contributed by atoms with Crippen LogP contribution >= 0.6 is 15.9 Å². The van der Waals surface area contributed by atoms with E-state index in [4.69, 9.17) is 9.72 Å². The average Bonchev–Trinajstić information content (AvgIpc) is 3.72. The second-order valence-corrected chi connectivity index (χ2v) is 15.0. The van der Waals surface area contributed by atoms with Crippen molar-refractivity contribution in [1.82, 2.24) is 14.8 Å². The minimum atomic E-state index is -0.985. The lowest BCUT2D eigenvalue weighted by atomic mass is 9.72.